The number of amides is 2. The highest BCUT2D eigenvalue weighted by molar-refractivity contribution is 7.91. The molecule has 1 aliphatic heterocycles. The molecule has 31 heavy (non-hydrogen) atoms. The standard InChI is InChI=1S/C23H19FN2O4S/c24-18-7-9-19(10-8-18)31(29,30)21(15-4-2-1-3-5-15)14-25-23(28)16-6-11-20-17(12-16)13-22(27)26-20/h1-12,21H,13-14H2,(H,25,28)(H,26,27). The van der Waals surface area contributed by atoms with Gasteiger partial charge < -0.3 is 10.6 Å². The Morgan fingerprint density at radius 3 is 2.45 bits per heavy atom. The first kappa shape index (κ1) is 20.7. The fourth-order valence-electron chi connectivity index (χ4n) is 3.52. The Kier molecular flexibility index (Phi) is 5.56. The molecule has 2 amide bonds. The van der Waals surface area contributed by atoms with E-state index in [1.54, 1.807) is 48.5 Å². The molecule has 0 radical (unpaired) electrons. The monoisotopic (exact) mass is 438 g/mol. The zero-order valence-electron chi connectivity index (χ0n) is 16.3. The van der Waals surface area contributed by atoms with Crippen molar-refractivity contribution in [2.45, 2.75) is 16.6 Å². The zero-order valence-corrected chi connectivity index (χ0v) is 17.2. The van der Waals surface area contributed by atoms with Gasteiger partial charge >= 0.3 is 0 Å². The highest BCUT2D eigenvalue weighted by Crippen LogP contribution is 2.29. The Morgan fingerprint density at radius 1 is 1.03 bits per heavy atom. The average Bonchev–Trinajstić information content (AvgIpc) is 3.14. The van der Waals surface area contributed by atoms with Gasteiger partial charge in [0.25, 0.3) is 5.91 Å². The topological polar surface area (TPSA) is 92.3 Å². The highest BCUT2D eigenvalue weighted by Gasteiger charge is 2.30. The third-order valence-electron chi connectivity index (χ3n) is 5.13. The van der Waals surface area contributed by atoms with Gasteiger partial charge in [0.2, 0.25) is 5.91 Å². The van der Waals surface area contributed by atoms with Gasteiger partial charge in [-0.1, -0.05) is 30.3 Å². The number of sulfone groups is 1. The molecule has 3 aromatic rings. The lowest BCUT2D eigenvalue weighted by Crippen LogP contribution is -2.32. The van der Waals surface area contributed by atoms with Crippen LogP contribution < -0.4 is 10.6 Å². The molecule has 1 atom stereocenters. The van der Waals surface area contributed by atoms with E-state index in [1.807, 2.05) is 0 Å². The SMILES string of the molecule is O=C1Cc2cc(C(=O)NCC(c3ccccc3)S(=O)(=O)c3ccc(F)cc3)ccc2N1. The molecular weight excluding hydrogens is 419 g/mol. The van der Waals surface area contributed by atoms with Gasteiger partial charge in [-0.3, -0.25) is 9.59 Å². The number of hydrogen-bond acceptors (Lipinski definition) is 4. The number of fused-ring (bicyclic) bond motifs is 1. The minimum Gasteiger partial charge on any atom is -0.350 e. The minimum absolute atomic E-state index is 0.0286. The quantitative estimate of drug-likeness (QED) is 0.578. The smallest absolute Gasteiger partial charge is 0.251 e. The van der Waals surface area contributed by atoms with E-state index < -0.39 is 26.8 Å². The van der Waals surface area contributed by atoms with Crippen LogP contribution in [0.1, 0.15) is 26.7 Å². The second-order valence-corrected chi connectivity index (χ2v) is 9.34. The van der Waals surface area contributed by atoms with E-state index in [1.165, 1.54) is 12.1 Å². The highest BCUT2D eigenvalue weighted by atomic mass is 32.2. The number of anilines is 1. The lowest BCUT2D eigenvalue weighted by molar-refractivity contribution is -0.115. The number of halogens is 1. The Bertz CT molecular complexity index is 1240. The molecule has 0 aromatic heterocycles. The summed E-state index contributed by atoms with van der Waals surface area (Å²) in [6, 6.07) is 18.0. The van der Waals surface area contributed by atoms with E-state index in [9.17, 15) is 22.4 Å². The van der Waals surface area contributed by atoms with E-state index in [4.69, 9.17) is 0 Å². The van der Waals surface area contributed by atoms with Crippen molar-refractivity contribution in [2.24, 2.45) is 0 Å². The van der Waals surface area contributed by atoms with Crippen LogP contribution in [0.2, 0.25) is 0 Å². The molecule has 0 saturated carbocycles. The summed E-state index contributed by atoms with van der Waals surface area (Å²) in [5.41, 5.74) is 2.23. The van der Waals surface area contributed by atoms with Gasteiger partial charge in [-0.25, -0.2) is 12.8 Å². The molecule has 8 heteroatoms. The number of rotatable bonds is 6. The largest absolute Gasteiger partial charge is 0.350 e. The predicted octanol–water partition coefficient (Wildman–Crippen LogP) is 3.27. The van der Waals surface area contributed by atoms with Crippen molar-refractivity contribution in [1.82, 2.24) is 5.32 Å². The Balaban J connectivity index is 1.59. The van der Waals surface area contributed by atoms with Gasteiger partial charge in [0.1, 0.15) is 11.1 Å². The number of carbonyl (C=O) groups is 2. The van der Waals surface area contributed by atoms with Gasteiger partial charge in [0, 0.05) is 17.8 Å². The molecular formula is C23H19FN2O4S. The molecule has 0 fully saturated rings. The maximum atomic E-state index is 13.3. The third kappa shape index (κ3) is 4.34. The van der Waals surface area contributed by atoms with E-state index in [-0.39, 0.29) is 23.8 Å². The van der Waals surface area contributed by atoms with Crippen LogP contribution in [0.4, 0.5) is 10.1 Å². The number of hydrogen-bond donors (Lipinski definition) is 2. The number of benzene rings is 3. The zero-order chi connectivity index (χ0) is 22.0. The fourth-order valence-corrected chi connectivity index (χ4v) is 5.18. The molecule has 0 spiro atoms. The fraction of sp³-hybridized carbons (Fsp3) is 0.130. The second kappa shape index (κ2) is 8.31. The molecule has 3 aromatic carbocycles. The van der Waals surface area contributed by atoms with E-state index >= 15 is 0 Å². The summed E-state index contributed by atoms with van der Waals surface area (Å²) in [6.07, 6.45) is 0.196. The van der Waals surface area contributed by atoms with Crippen LogP contribution >= 0.6 is 0 Å². The van der Waals surface area contributed by atoms with E-state index in [0.717, 1.165) is 17.7 Å². The van der Waals surface area contributed by atoms with E-state index in [2.05, 4.69) is 10.6 Å². The molecule has 158 valence electrons. The molecule has 0 saturated heterocycles. The minimum atomic E-state index is -3.90. The van der Waals surface area contributed by atoms with Crippen LogP contribution in [0.3, 0.4) is 0 Å². The van der Waals surface area contributed by atoms with Crippen LogP contribution in [0, 0.1) is 5.82 Å². The van der Waals surface area contributed by atoms with Gasteiger partial charge in [-0.15, -0.1) is 0 Å². The van der Waals surface area contributed by atoms with Crippen molar-refractivity contribution in [3.05, 3.63) is 95.3 Å². The molecule has 6 nitrogen and oxygen atoms in total. The van der Waals surface area contributed by atoms with Crippen LogP contribution in [-0.4, -0.2) is 26.8 Å². The van der Waals surface area contributed by atoms with Crippen molar-refractivity contribution in [1.29, 1.82) is 0 Å². The summed E-state index contributed by atoms with van der Waals surface area (Å²) in [4.78, 5) is 24.2. The first-order chi connectivity index (χ1) is 14.8. The summed E-state index contributed by atoms with van der Waals surface area (Å²) < 4.78 is 39.8. The van der Waals surface area contributed by atoms with Crippen molar-refractivity contribution < 1.29 is 22.4 Å². The maximum absolute atomic E-state index is 13.3. The number of nitrogens with one attached hydrogen (secondary N) is 2. The predicted molar refractivity (Wildman–Crippen MR) is 114 cm³/mol. The third-order valence-corrected chi connectivity index (χ3v) is 7.25. The van der Waals surface area contributed by atoms with Crippen molar-refractivity contribution >= 4 is 27.3 Å². The Morgan fingerprint density at radius 2 is 1.74 bits per heavy atom. The Hall–Kier alpha value is -3.52. The second-order valence-electron chi connectivity index (χ2n) is 7.21. The number of carbonyl (C=O) groups excluding carboxylic acids is 2. The van der Waals surface area contributed by atoms with Crippen LogP contribution in [-0.2, 0) is 21.1 Å². The molecule has 4 rings (SSSR count). The first-order valence-electron chi connectivity index (χ1n) is 9.60. The average molecular weight is 438 g/mol. The molecule has 1 aliphatic rings. The molecule has 1 heterocycles. The lowest BCUT2D eigenvalue weighted by Gasteiger charge is -2.19. The van der Waals surface area contributed by atoms with Crippen LogP contribution in [0.15, 0.2) is 77.7 Å². The molecule has 2 N–H and O–H groups in total. The van der Waals surface area contributed by atoms with Crippen molar-refractivity contribution in [3.8, 4) is 0 Å². The van der Waals surface area contributed by atoms with Crippen molar-refractivity contribution in [3.63, 3.8) is 0 Å². The lowest BCUT2D eigenvalue weighted by atomic mass is 10.1. The summed E-state index contributed by atoms with van der Waals surface area (Å²) in [7, 11) is -3.90. The normalized spacial score (nSPS) is 13.9. The van der Waals surface area contributed by atoms with Crippen LogP contribution in [0.5, 0.6) is 0 Å². The van der Waals surface area contributed by atoms with E-state index in [0.29, 0.717) is 16.8 Å². The van der Waals surface area contributed by atoms with Gasteiger partial charge in [0.15, 0.2) is 9.84 Å². The molecule has 1 unspecified atom stereocenters. The summed E-state index contributed by atoms with van der Waals surface area (Å²) in [6.45, 7) is -0.170. The first-order valence-corrected chi connectivity index (χ1v) is 11.1. The van der Waals surface area contributed by atoms with Crippen LogP contribution in [0.25, 0.3) is 0 Å². The summed E-state index contributed by atoms with van der Waals surface area (Å²) in [5.74, 6) is -1.12. The summed E-state index contributed by atoms with van der Waals surface area (Å²) >= 11 is 0. The maximum Gasteiger partial charge on any atom is 0.251 e. The van der Waals surface area contributed by atoms with Gasteiger partial charge in [0.05, 0.1) is 11.3 Å². The van der Waals surface area contributed by atoms with Crippen molar-refractivity contribution in [2.75, 3.05) is 11.9 Å². The van der Waals surface area contributed by atoms with Gasteiger partial charge in [-0.05, 0) is 53.6 Å². The van der Waals surface area contributed by atoms with Gasteiger partial charge in [-0.2, -0.15) is 0 Å². The Labute approximate surface area is 179 Å². The molecule has 0 bridgehead atoms. The summed E-state index contributed by atoms with van der Waals surface area (Å²) in [5, 5.41) is 4.34. The molecule has 0 aliphatic carbocycles.